The predicted molar refractivity (Wildman–Crippen MR) is 72.8 cm³/mol. The van der Waals surface area contributed by atoms with Crippen LogP contribution in [0.5, 0.6) is 5.75 Å². The second-order valence-electron chi connectivity index (χ2n) is 4.51. The molecule has 2 nitrogen and oxygen atoms in total. The summed E-state index contributed by atoms with van der Waals surface area (Å²) in [6, 6.07) is 12.5. The van der Waals surface area contributed by atoms with Crippen LogP contribution in [-0.4, -0.2) is 12.2 Å². The Kier molecular flexibility index (Phi) is 4.17. The molecular formula is C16H17FO2. The van der Waals surface area contributed by atoms with Gasteiger partial charge in [0.25, 0.3) is 0 Å². The van der Waals surface area contributed by atoms with Crippen LogP contribution in [0.1, 0.15) is 22.8 Å². The molecule has 0 amide bonds. The van der Waals surface area contributed by atoms with E-state index in [0.717, 1.165) is 11.1 Å². The molecule has 0 bridgehead atoms. The average Bonchev–Trinajstić information content (AvgIpc) is 2.41. The number of aliphatic hydroxyl groups excluding tert-OH is 1. The molecule has 0 aliphatic carbocycles. The van der Waals surface area contributed by atoms with Crippen LogP contribution in [0.2, 0.25) is 0 Å². The van der Waals surface area contributed by atoms with Gasteiger partial charge in [-0.25, -0.2) is 4.39 Å². The van der Waals surface area contributed by atoms with Gasteiger partial charge in [0, 0.05) is 6.42 Å². The quantitative estimate of drug-likeness (QED) is 0.912. The van der Waals surface area contributed by atoms with E-state index in [9.17, 15) is 9.50 Å². The van der Waals surface area contributed by atoms with E-state index >= 15 is 0 Å². The molecule has 0 saturated heterocycles. The molecule has 1 atom stereocenters. The van der Waals surface area contributed by atoms with Crippen molar-refractivity contribution in [1.29, 1.82) is 0 Å². The highest BCUT2D eigenvalue weighted by Crippen LogP contribution is 2.26. The number of aliphatic hydroxyl groups is 1. The van der Waals surface area contributed by atoms with E-state index in [1.54, 1.807) is 18.2 Å². The molecule has 0 heterocycles. The van der Waals surface area contributed by atoms with E-state index in [1.807, 2.05) is 31.2 Å². The molecule has 100 valence electrons. The minimum atomic E-state index is -0.720. The van der Waals surface area contributed by atoms with Crippen LogP contribution in [-0.2, 0) is 6.42 Å². The number of methoxy groups -OCH3 is 1. The van der Waals surface area contributed by atoms with Crippen molar-refractivity contribution < 1.29 is 14.2 Å². The molecule has 3 heteroatoms. The third-order valence-corrected chi connectivity index (χ3v) is 3.22. The summed E-state index contributed by atoms with van der Waals surface area (Å²) in [4.78, 5) is 0. The second kappa shape index (κ2) is 5.85. The first-order chi connectivity index (χ1) is 9.13. The summed E-state index contributed by atoms with van der Waals surface area (Å²) in [6.07, 6.45) is -0.490. The Hall–Kier alpha value is -1.87. The molecular weight excluding hydrogens is 243 g/mol. The van der Waals surface area contributed by atoms with Crippen LogP contribution in [0.4, 0.5) is 4.39 Å². The summed E-state index contributed by atoms with van der Waals surface area (Å²) in [6.45, 7) is 1.93. The number of rotatable bonds is 4. The van der Waals surface area contributed by atoms with E-state index < -0.39 is 11.9 Å². The summed E-state index contributed by atoms with van der Waals surface area (Å²) < 4.78 is 19.0. The Morgan fingerprint density at radius 3 is 2.58 bits per heavy atom. The molecule has 0 spiro atoms. The van der Waals surface area contributed by atoms with Crippen molar-refractivity contribution in [3.63, 3.8) is 0 Å². The zero-order chi connectivity index (χ0) is 13.8. The summed E-state index contributed by atoms with van der Waals surface area (Å²) in [7, 11) is 1.43. The molecule has 0 aliphatic heterocycles. The Bertz CT molecular complexity index is 566. The number of aryl methyl sites for hydroxylation is 1. The first-order valence-electron chi connectivity index (χ1n) is 6.18. The molecule has 0 saturated carbocycles. The van der Waals surface area contributed by atoms with Crippen molar-refractivity contribution in [1.82, 2.24) is 0 Å². The standard InChI is InChI=1S/C16H17FO2/c1-11-6-3-4-8-13(11)14(18)10-12-7-5-9-15(19-2)16(12)17/h3-9,14,18H,10H2,1-2H3. The maximum absolute atomic E-state index is 14.0. The fraction of sp³-hybridized carbons (Fsp3) is 0.250. The van der Waals surface area contributed by atoms with Crippen molar-refractivity contribution in [3.05, 3.63) is 65.0 Å². The number of benzene rings is 2. The fourth-order valence-electron chi connectivity index (χ4n) is 2.15. The summed E-state index contributed by atoms with van der Waals surface area (Å²) >= 11 is 0. The molecule has 1 unspecified atom stereocenters. The van der Waals surface area contributed by atoms with E-state index in [1.165, 1.54) is 7.11 Å². The van der Waals surface area contributed by atoms with Gasteiger partial charge in [-0.05, 0) is 29.7 Å². The van der Waals surface area contributed by atoms with Crippen LogP contribution in [0.25, 0.3) is 0 Å². The molecule has 2 aromatic carbocycles. The van der Waals surface area contributed by atoms with Crippen LogP contribution >= 0.6 is 0 Å². The van der Waals surface area contributed by atoms with Gasteiger partial charge in [0.05, 0.1) is 13.2 Å². The molecule has 0 aromatic heterocycles. The highest BCUT2D eigenvalue weighted by Gasteiger charge is 2.15. The minimum absolute atomic E-state index is 0.203. The SMILES string of the molecule is COc1cccc(CC(O)c2ccccc2C)c1F. The molecule has 19 heavy (non-hydrogen) atoms. The normalized spacial score (nSPS) is 12.2. The lowest BCUT2D eigenvalue weighted by Gasteiger charge is -2.15. The maximum Gasteiger partial charge on any atom is 0.168 e. The van der Waals surface area contributed by atoms with Crippen LogP contribution in [0.3, 0.4) is 0 Å². The van der Waals surface area contributed by atoms with Gasteiger partial charge < -0.3 is 9.84 Å². The highest BCUT2D eigenvalue weighted by atomic mass is 19.1. The Morgan fingerprint density at radius 1 is 1.16 bits per heavy atom. The third-order valence-electron chi connectivity index (χ3n) is 3.22. The first kappa shape index (κ1) is 13.6. The topological polar surface area (TPSA) is 29.5 Å². The summed E-state index contributed by atoms with van der Waals surface area (Å²) in [5.74, 6) is -0.202. The van der Waals surface area contributed by atoms with Gasteiger partial charge in [0.2, 0.25) is 0 Å². The number of ether oxygens (including phenoxy) is 1. The monoisotopic (exact) mass is 260 g/mol. The number of halogens is 1. The van der Waals surface area contributed by atoms with E-state index in [0.29, 0.717) is 5.56 Å². The zero-order valence-electron chi connectivity index (χ0n) is 11.1. The third kappa shape index (κ3) is 2.93. The lowest BCUT2D eigenvalue weighted by molar-refractivity contribution is 0.176. The number of hydrogen-bond donors (Lipinski definition) is 1. The largest absolute Gasteiger partial charge is 0.494 e. The lowest BCUT2D eigenvalue weighted by atomic mass is 9.97. The fourth-order valence-corrected chi connectivity index (χ4v) is 2.15. The lowest BCUT2D eigenvalue weighted by Crippen LogP contribution is -2.06. The van der Waals surface area contributed by atoms with Gasteiger partial charge in [-0.2, -0.15) is 0 Å². The van der Waals surface area contributed by atoms with Gasteiger partial charge in [0.1, 0.15) is 0 Å². The molecule has 2 rings (SSSR count). The van der Waals surface area contributed by atoms with E-state index in [-0.39, 0.29) is 12.2 Å². The smallest absolute Gasteiger partial charge is 0.168 e. The van der Waals surface area contributed by atoms with Crippen LogP contribution in [0.15, 0.2) is 42.5 Å². The maximum atomic E-state index is 14.0. The first-order valence-corrected chi connectivity index (χ1v) is 6.18. The van der Waals surface area contributed by atoms with Crippen molar-refractivity contribution in [2.45, 2.75) is 19.4 Å². The van der Waals surface area contributed by atoms with Gasteiger partial charge in [0.15, 0.2) is 11.6 Å². The second-order valence-corrected chi connectivity index (χ2v) is 4.51. The molecule has 0 fully saturated rings. The molecule has 0 aliphatic rings. The molecule has 0 radical (unpaired) electrons. The van der Waals surface area contributed by atoms with Gasteiger partial charge in [-0.3, -0.25) is 0 Å². The van der Waals surface area contributed by atoms with Crippen LogP contribution in [0, 0.1) is 12.7 Å². The summed E-state index contributed by atoms with van der Waals surface area (Å²) in [5, 5.41) is 10.2. The Balaban J connectivity index is 2.24. The van der Waals surface area contributed by atoms with Crippen molar-refractivity contribution in [2.75, 3.05) is 7.11 Å². The van der Waals surface area contributed by atoms with Crippen LogP contribution < -0.4 is 4.74 Å². The average molecular weight is 260 g/mol. The predicted octanol–water partition coefficient (Wildman–Crippen LogP) is 3.42. The van der Waals surface area contributed by atoms with E-state index in [4.69, 9.17) is 4.74 Å². The number of hydrogen-bond acceptors (Lipinski definition) is 2. The minimum Gasteiger partial charge on any atom is -0.494 e. The van der Waals surface area contributed by atoms with Crippen molar-refractivity contribution >= 4 is 0 Å². The van der Waals surface area contributed by atoms with Crippen molar-refractivity contribution in [3.8, 4) is 5.75 Å². The van der Waals surface area contributed by atoms with Gasteiger partial charge in [-0.1, -0.05) is 36.4 Å². The zero-order valence-corrected chi connectivity index (χ0v) is 11.1. The summed E-state index contributed by atoms with van der Waals surface area (Å²) in [5.41, 5.74) is 2.28. The van der Waals surface area contributed by atoms with Gasteiger partial charge in [-0.15, -0.1) is 0 Å². The Morgan fingerprint density at radius 2 is 1.89 bits per heavy atom. The highest BCUT2D eigenvalue weighted by molar-refractivity contribution is 5.34. The Labute approximate surface area is 112 Å². The van der Waals surface area contributed by atoms with Crippen molar-refractivity contribution in [2.24, 2.45) is 0 Å². The van der Waals surface area contributed by atoms with Gasteiger partial charge >= 0.3 is 0 Å². The van der Waals surface area contributed by atoms with E-state index in [2.05, 4.69) is 0 Å². The molecule has 1 N–H and O–H groups in total. The molecule has 2 aromatic rings.